The van der Waals surface area contributed by atoms with Crippen molar-refractivity contribution >= 4 is 0 Å². The van der Waals surface area contributed by atoms with E-state index in [1.54, 1.807) is 25.1 Å². The Morgan fingerprint density at radius 3 is 2.44 bits per heavy atom. The Hall–Kier alpha value is -1.81. The van der Waals surface area contributed by atoms with Crippen LogP contribution in [0.15, 0.2) is 30.3 Å². The highest BCUT2D eigenvalue weighted by molar-refractivity contribution is 5.65. The van der Waals surface area contributed by atoms with Crippen molar-refractivity contribution in [2.45, 2.75) is 58.5 Å². The SMILES string of the molecule is CCCCC1CCC(c2ccc(-c3ccc(CC)c(F)c3F)cc2F)OC1. The Bertz CT molecular complexity index is 779. The standard InChI is InChI=1S/C23H27F3O/c1-3-5-6-15-7-12-21(27-14-15)19-11-9-17(13-20(19)24)18-10-8-16(4-2)22(25)23(18)26/h8-11,13,15,21H,3-7,12,14H2,1-2H3. The van der Waals surface area contributed by atoms with Gasteiger partial charge in [0.05, 0.1) is 12.7 Å². The van der Waals surface area contributed by atoms with Gasteiger partial charge in [-0.1, -0.05) is 51.0 Å². The largest absolute Gasteiger partial charge is 0.373 e. The molecule has 0 amide bonds. The van der Waals surface area contributed by atoms with E-state index in [2.05, 4.69) is 6.92 Å². The molecule has 0 spiro atoms. The lowest BCUT2D eigenvalue weighted by atomic mass is 9.90. The molecule has 0 saturated carbocycles. The van der Waals surface area contributed by atoms with Crippen LogP contribution in [0.2, 0.25) is 0 Å². The zero-order valence-electron chi connectivity index (χ0n) is 16.0. The van der Waals surface area contributed by atoms with Gasteiger partial charge >= 0.3 is 0 Å². The van der Waals surface area contributed by atoms with Crippen molar-refractivity contribution < 1.29 is 17.9 Å². The molecule has 2 unspecified atom stereocenters. The van der Waals surface area contributed by atoms with Gasteiger partial charge in [0.15, 0.2) is 11.6 Å². The number of unbranched alkanes of at least 4 members (excludes halogenated alkanes) is 1. The third-order valence-corrected chi connectivity index (χ3v) is 5.54. The minimum Gasteiger partial charge on any atom is -0.373 e. The fraction of sp³-hybridized carbons (Fsp3) is 0.478. The molecule has 146 valence electrons. The third-order valence-electron chi connectivity index (χ3n) is 5.54. The van der Waals surface area contributed by atoms with Crippen molar-refractivity contribution in [3.8, 4) is 11.1 Å². The van der Waals surface area contributed by atoms with Gasteiger partial charge in [-0.3, -0.25) is 0 Å². The van der Waals surface area contributed by atoms with Crippen LogP contribution in [-0.4, -0.2) is 6.61 Å². The van der Waals surface area contributed by atoms with Crippen LogP contribution >= 0.6 is 0 Å². The molecule has 1 heterocycles. The predicted octanol–water partition coefficient (Wildman–Crippen LogP) is 6.99. The number of ether oxygens (including phenoxy) is 1. The molecule has 2 aromatic carbocycles. The molecule has 1 aliphatic heterocycles. The minimum atomic E-state index is -0.922. The van der Waals surface area contributed by atoms with Gasteiger partial charge in [-0.25, -0.2) is 13.2 Å². The maximum absolute atomic E-state index is 14.7. The number of hydrogen-bond donors (Lipinski definition) is 0. The first-order valence-electron chi connectivity index (χ1n) is 9.93. The first kappa shape index (κ1) is 19.9. The highest BCUT2D eigenvalue weighted by Gasteiger charge is 2.25. The predicted molar refractivity (Wildman–Crippen MR) is 102 cm³/mol. The van der Waals surface area contributed by atoms with Crippen molar-refractivity contribution in [3.63, 3.8) is 0 Å². The van der Waals surface area contributed by atoms with Crippen molar-refractivity contribution in [3.05, 3.63) is 58.9 Å². The zero-order chi connectivity index (χ0) is 19.4. The summed E-state index contributed by atoms with van der Waals surface area (Å²) in [6.45, 7) is 4.60. The third kappa shape index (κ3) is 4.37. The summed E-state index contributed by atoms with van der Waals surface area (Å²) in [5.41, 5.74) is 1.24. The van der Waals surface area contributed by atoms with Crippen LogP contribution in [0.25, 0.3) is 11.1 Å². The lowest BCUT2D eigenvalue weighted by molar-refractivity contribution is -0.0214. The van der Waals surface area contributed by atoms with Gasteiger partial charge < -0.3 is 4.74 Å². The van der Waals surface area contributed by atoms with Gasteiger partial charge in [0.1, 0.15) is 5.82 Å². The topological polar surface area (TPSA) is 9.23 Å². The summed E-state index contributed by atoms with van der Waals surface area (Å²) in [6, 6.07) is 7.65. The molecule has 1 saturated heterocycles. The molecule has 4 heteroatoms. The molecule has 0 N–H and O–H groups in total. The monoisotopic (exact) mass is 376 g/mol. The Balaban J connectivity index is 1.76. The van der Waals surface area contributed by atoms with Crippen LogP contribution in [-0.2, 0) is 11.2 Å². The highest BCUT2D eigenvalue weighted by atomic mass is 19.2. The van der Waals surface area contributed by atoms with Gasteiger partial charge in [0.25, 0.3) is 0 Å². The van der Waals surface area contributed by atoms with Gasteiger partial charge in [0.2, 0.25) is 0 Å². The van der Waals surface area contributed by atoms with Crippen LogP contribution in [0.1, 0.15) is 63.2 Å². The molecule has 0 radical (unpaired) electrons. The summed E-state index contributed by atoms with van der Waals surface area (Å²) < 4.78 is 49.0. The van der Waals surface area contributed by atoms with E-state index in [1.165, 1.54) is 25.0 Å². The van der Waals surface area contributed by atoms with Gasteiger partial charge in [0, 0.05) is 11.1 Å². The average Bonchev–Trinajstić information content (AvgIpc) is 2.69. The maximum Gasteiger partial charge on any atom is 0.166 e. The lowest BCUT2D eigenvalue weighted by Gasteiger charge is -2.29. The normalized spacial score (nSPS) is 20.0. The first-order valence-corrected chi connectivity index (χ1v) is 9.93. The van der Waals surface area contributed by atoms with Crippen LogP contribution < -0.4 is 0 Å². The van der Waals surface area contributed by atoms with Crippen LogP contribution in [0.3, 0.4) is 0 Å². The molecule has 0 bridgehead atoms. The van der Waals surface area contributed by atoms with Crippen molar-refractivity contribution in [1.82, 2.24) is 0 Å². The number of aryl methyl sites for hydroxylation is 1. The molecular weight excluding hydrogens is 349 g/mol. The lowest BCUT2D eigenvalue weighted by Crippen LogP contribution is -2.21. The maximum atomic E-state index is 14.7. The summed E-state index contributed by atoms with van der Waals surface area (Å²) in [6.07, 6.45) is 5.49. The number of halogens is 3. The number of benzene rings is 2. The summed E-state index contributed by atoms with van der Waals surface area (Å²) in [5.74, 6) is -1.65. The molecule has 1 aliphatic rings. The fourth-order valence-corrected chi connectivity index (χ4v) is 3.81. The molecule has 0 aliphatic carbocycles. The Morgan fingerprint density at radius 1 is 1.00 bits per heavy atom. The molecule has 3 rings (SSSR count). The smallest absolute Gasteiger partial charge is 0.166 e. The Morgan fingerprint density at radius 2 is 1.81 bits per heavy atom. The Kier molecular flexibility index (Phi) is 6.59. The number of hydrogen-bond acceptors (Lipinski definition) is 1. The summed E-state index contributed by atoms with van der Waals surface area (Å²) in [4.78, 5) is 0. The second-order valence-electron chi connectivity index (χ2n) is 7.40. The zero-order valence-corrected chi connectivity index (χ0v) is 16.0. The van der Waals surface area contributed by atoms with Crippen molar-refractivity contribution in [2.24, 2.45) is 5.92 Å². The molecule has 2 atom stereocenters. The van der Waals surface area contributed by atoms with Gasteiger partial charge in [-0.2, -0.15) is 0 Å². The van der Waals surface area contributed by atoms with Crippen molar-refractivity contribution in [2.75, 3.05) is 6.61 Å². The molecule has 0 aromatic heterocycles. The van der Waals surface area contributed by atoms with Crippen LogP contribution in [0, 0.1) is 23.4 Å². The van der Waals surface area contributed by atoms with E-state index in [0.29, 0.717) is 35.6 Å². The van der Waals surface area contributed by atoms with Crippen molar-refractivity contribution in [1.29, 1.82) is 0 Å². The average molecular weight is 376 g/mol. The molecule has 1 nitrogen and oxygen atoms in total. The Labute approximate surface area is 159 Å². The van der Waals surface area contributed by atoms with E-state index in [4.69, 9.17) is 4.74 Å². The second-order valence-corrected chi connectivity index (χ2v) is 7.40. The highest BCUT2D eigenvalue weighted by Crippen LogP contribution is 2.35. The molecular formula is C23H27F3O. The van der Waals surface area contributed by atoms with E-state index in [0.717, 1.165) is 19.3 Å². The van der Waals surface area contributed by atoms with E-state index >= 15 is 0 Å². The first-order chi connectivity index (χ1) is 13.0. The van der Waals surface area contributed by atoms with E-state index in [-0.39, 0.29) is 11.7 Å². The summed E-state index contributed by atoms with van der Waals surface area (Å²) >= 11 is 0. The van der Waals surface area contributed by atoms with E-state index < -0.39 is 17.5 Å². The van der Waals surface area contributed by atoms with E-state index in [9.17, 15) is 13.2 Å². The fourth-order valence-electron chi connectivity index (χ4n) is 3.81. The van der Waals surface area contributed by atoms with Gasteiger partial charge in [-0.15, -0.1) is 0 Å². The van der Waals surface area contributed by atoms with Crippen LogP contribution in [0.4, 0.5) is 13.2 Å². The van der Waals surface area contributed by atoms with Crippen LogP contribution in [0.5, 0.6) is 0 Å². The minimum absolute atomic E-state index is 0.0827. The molecule has 1 fully saturated rings. The summed E-state index contributed by atoms with van der Waals surface area (Å²) in [5, 5.41) is 0. The second kappa shape index (κ2) is 8.92. The summed E-state index contributed by atoms with van der Waals surface area (Å²) in [7, 11) is 0. The van der Waals surface area contributed by atoms with E-state index in [1.807, 2.05) is 0 Å². The molecule has 2 aromatic rings. The molecule has 27 heavy (non-hydrogen) atoms. The van der Waals surface area contributed by atoms with Gasteiger partial charge in [-0.05, 0) is 48.8 Å². The quantitative estimate of drug-likeness (QED) is 0.528. The number of rotatable bonds is 6.